The van der Waals surface area contributed by atoms with Crippen molar-refractivity contribution in [2.75, 3.05) is 33.4 Å². The predicted molar refractivity (Wildman–Crippen MR) is 145 cm³/mol. The van der Waals surface area contributed by atoms with Crippen LogP contribution in [-0.4, -0.2) is 58.7 Å². The third kappa shape index (κ3) is 4.06. The second-order valence-corrected chi connectivity index (χ2v) is 10.6. The minimum absolute atomic E-state index is 0.0592. The van der Waals surface area contributed by atoms with Gasteiger partial charge in [0.15, 0.2) is 0 Å². The van der Waals surface area contributed by atoms with Crippen LogP contribution in [0.4, 0.5) is 4.39 Å². The maximum Gasteiger partial charge on any atom is 0.227 e. The molecule has 38 heavy (non-hydrogen) atoms. The van der Waals surface area contributed by atoms with Crippen LogP contribution in [0, 0.1) is 5.82 Å². The average Bonchev–Trinajstić information content (AvgIpc) is 3.19. The summed E-state index contributed by atoms with van der Waals surface area (Å²) in [7, 11) is 3.69. The number of methoxy groups -OCH3 is 1. The fraction of sp³-hybridized carbons (Fsp3) is 0.323. The van der Waals surface area contributed by atoms with E-state index < -0.39 is 0 Å². The van der Waals surface area contributed by atoms with E-state index in [-0.39, 0.29) is 29.8 Å². The number of aliphatic hydroxyl groups is 1. The van der Waals surface area contributed by atoms with E-state index >= 15 is 0 Å². The van der Waals surface area contributed by atoms with Gasteiger partial charge in [0, 0.05) is 55.8 Å². The Balaban J connectivity index is 1.40. The molecule has 3 heterocycles. The molecule has 2 aliphatic rings. The molecule has 1 spiro atoms. The predicted octanol–water partition coefficient (Wildman–Crippen LogP) is 4.20. The zero-order chi connectivity index (χ0) is 26.4. The van der Waals surface area contributed by atoms with Crippen LogP contribution in [0.15, 0.2) is 72.8 Å². The summed E-state index contributed by atoms with van der Waals surface area (Å²) in [6, 6.07) is 22.3. The van der Waals surface area contributed by atoms with Gasteiger partial charge in [0.25, 0.3) is 0 Å². The number of fused-ring (bicyclic) bond motifs is 4. The summed E-state index contributed by atoms with van der Waals surface area (Å²) in [5.74, 6) is 0.620. The van der Waals surface area contributed by atoms with Gasteiger partial charge in [-0.3, -0.25) is 9.69 Å². The van der Waals surface area contributed by atoms with E-state index in [0.29, 0.717) is 32.6 Å². The normalized spacial score (nSPS) is 18.4. The standard InChI is InChI=1S/C31H32FN3O3/c1-33-26-15-24(38-2)11-12-25(26)29-30(33)27(17-36)34(16-22-9-6-10-23(32)13-22)18-31(29)19-35(20-31)28(37)14-21-7-4-3-5-8-21/h3-13,15,27,36H,14,16-20H2,1-2H3/t27-/m0/s1. The molecule has 4 aromatic rings. The van der Waals surface area contributed by atoms with E-state index in [1.807, 2.05) is 60.5 Å². The second kappa shape index (κ2) is 9.57. The quantitative estimate of drug-likeness (QED) is 0.420. The topological polar surface area (TPSA) is 57.9 Å². The lowest BCUT2D eigenvalue weighted by molar-refractivity contribution is -0.140. The zero-order valence-electron chi connectivity index (χ0n) is 21.7. The maximum atomic E-state index is 14.0. The van der Waals surface area contributed by atoms with Crippen molar-refractivity contribution in [3.8, 4) is 5.75 Å². The number of aliphatic hydroxyl groups excluding tert-OH is 1. The highest BCUT2D eigenvalue weighted by Crippen LogP contribution is 2.50. The Bertz CT molecular complexity index is 1490. The van der Waals surface area contributed by atoms with Crippen LogP contribution >= 0.6 is 0 Å². The van der Waals surface area contributed by atoms with Crippen molar-refractivity contribution >= 4 is 16.8 Å². The number of rotatable bonds is 6. The number of aryl methyl sites for hydroxylation is 1. The summed E-state index contributed by atoms with van der Waals surface area (Å²) in [5, 5.41) is 11.8. The number of ether oxygens (including phenoxy) is 1. The van der Waals surface area contributed by atoms with Crippen LogP contribution in [0.1, 0.15) is 28.4 Å². The van der Waals surface area contributed by atoms with Crippen molar-refractivity contribution in [1.82, 2.24) is 14.4 Å². The number of aromatic nitrogens is 1. The largest absolute Gasteiger partial charge is 0.497 e. The van der Waals surface area contributed by atoms with E-state index in [4.69, 9.17) is 4.74 Å². The zero-order valence-corrected chi connectivity index (χ0v) is 21.7. The van der Waals surface area contributed by atoms with Gasteiger partial charge in [-0.1, -0.05) is 42.5 Å². The summed E-state index contributed by atoms with van der Waals surface area (Å²) >= 11 is 0. The molecule has 6 nitrogen and oxygen atoms in total. The van der Waals surface area contributed by atoms with Gasteiger partial charge in [0.05, 0.1) is 31.7 Å². The van der Waals surface area contributed by atoms with Crippen molar-refractivity contribution in [3.05, 3.63) is 101 Å². The molecule has 0 unspecified atom stereocenters. The van der Waals surface area contributed by atoms with E-state index in [2.05, 4.69) is 15.5 Å². The molecule has 1 aromatic heterocycles. The molecule has 1 N–H and O–H groups in total. The van der Waals surface area contributed by atoms with E-state index in [1.165, 1.54) is 11.6 Å². The van der Waals surface area contributed by atoms with Gasteiger partial charge in [-0.25, -0.2) is 4.39 Å². The highest BCUT2D eigenvalue weighted by atomic mass is 19.1. The smallest absolute Gasteiger partial charge is 0.227 e. The van der Waals surface area contributed by atoms with E-state index in [0.717, 1.165) is 33.5 Å². The first kappa shape index (κ1) is 24.6. The first-order valence-electron chi connectivity index (χ1n) is 13.0. The Hall–Kier alpha value is -3.68. The number of halogens is 1. The molecular formula is C31H32FN3O3. The summed E-state index contributed by atoms with van der Waals surface area (Å²) < 4.78 is 21.7. The van der Waals surface area contributed by atoms with Crippen molar-refractivity contribution < 1.29 is 19.0 Å². The molecule has 0 radical (unpaired) electrons. The minimum Gasteiger partial charge on any atom is -0.497 e. The van der Waals surface area contributed by atoms with Gasteiger partial charge >= 0.3 is 0 Å². The number of hydrogen-bond acceptors (Lipinski definition) is 4. The monoisotopic (exact) mass is 513 g/mol. The fourth-order valence-corrected chi connectivity index (χ4v) is 6.50. The molecule has 0 bridgehead atoms. The molecule has 7 heteroatoms. The first-order chi connectivity index (χ1) is 18.4. The molecule has 1 atom stereocenters. The number of carbonyl (C=O) groups is 1. The average molecular weight is 514 g/mol. The van der Waals surface area contributed by atoms with Crippen molar-refractivity contribution in [2.24, 2.45) is 7.05 Å². The van der Waals surface area contributed by atoms with Crippen molar-refractivity contribution in [1.29, 1.82) is 0 Å². The highest BCUT2D eigenvalue weighted by molar-refractivity contribution is 5.90. The van der Waals surface area contributed by atoms with Crippen molar-refractivity contribution in [3.63, 3.8) is 0 Å². The van der Waals surface area contributed by atoms with Crippen LogP contribution in [0.25, 0.3) is 10.9 Å². The molecule has 1 saturated heterocycles. The van der Waals surface area contributed by atoms with Gasteiger partial charge in [0.2, 0.25) is 5.91 Å². The lowest BCUT2D eigenvalue weighted by Crippen LogP contribution is -2.67. The molecule has 0 saturated carbocycles. The molecule has 6 rings (SSSR count). The van der Waals surface area contributed by atoms with Gasteiger partial charge in [-0.15, -0.1) is 0 Å². The lowest BCUT2D eigenvalue weighted by Gasteiger charge is -2.56. The highest BCUT2D eigenvalue weighted by Gasteiger charge is 2.54. The van der Waals surface area contributed by atoms with Gasteiger partial charge in [-0.05, 0) is 41.0 Å². The molecule has 196 valence electrons. The number of carbonyl (C=O) groups excluding carboxylic acids is 1. The number of nitrogens with zero attached hydrogens (tertiary/aromatic N) is 3. The second-order valence-electron chi connectivity index (χ2n) is 10.6. The Morgan fingerprint density at radius 1 is 1.03 bits per heavy atom. The van der Waals surface area contributed by atoms with Gasteiger partial charge in [0.1, 0.15) is 11.6 Å². The summed E-state index contributed by atoms with van der Waals surface area (Å²) in [6.45, 7) is 2.33. The number of benzene rings is 3. The molecular weight excluding hydrogens is 481 g/mol. The summed E-state index contributed by atoms with van der Waals surface area (Å²) in [6.07, 6.45) is 0.378. The van der Waals surface area contributed by atoms with Gasteiger partial charge in [-0.2, -0.15) is 0 Å². The van der Waals surface area contributed by atoms with E-state index in [9.17, 15) is 14.3 Å². The third-order valence-electron chi connectivity index (χ3n) is 8.23. The maximum absolute atomic E-state index is 14.0. The Morgan fingerprint density at radius 2 is 1.79 bits per heavy atom. The molecule has 1 fully saturated rings. The van der Waals surface area contributed by atoms with Crippen molar-refractivity contribution in [2.45, 2.75) is 24.4 Å². The first-order valence-corrected chi connectivity index (χ1v) is 13.0. The molecule has 3 aromatic carbocycles. The number of likely N-dealkylation sites (tertiary alicyclic amines) is 1. The van der Waals surface area contributed by atoms with Crippen LogP contribution in [0.2, 0.25) is 0 Å². The number of hydrogen-bond donors (Lipinski definition) is 1. The molecule has 1 amide bonds. The van der Waals surface area contributed by atoms with Crippen LogP contribution in [0.5, 0.6) is 5.75 Å². The summed E-state index contributed by atoms with van der Waals surface area (Å²) in [4.78, 5) is 17.4. The Labute approximate surface area is 221 Å². The minimum atomic E-state index is -0.283. The Morgan fingerprint density at radius 3 is 2.50 bits per heavy atom. The Kier molecular flexibility index (Phi) is 6.20. The molecule has 2 aliphatic heterocycles. The van der Waals surface area contributed by atoms with Crippen LogP contribution in [-0.2, 0) is 30.2 Å². The van der Waals surface area contributed by atoms with Crippen LogP contribution < -0.4 is 4.74 Å². The fourth-order valence-electron chi connectivity index (χ4n) is 6.50. The van der Waals surface area contributed by atoms with Gasteiger partial charge < -0.3 is 19.3 Å². The number of amides is 1. The third-order valence-corrected chi connectivity index (χ3v) is 8.23. The van der Waals surface area contributed by atoms with E-state index in [1.54, 1.807) is 19.2 Å². The summed E-state index contributed by atoms with van der Waals surface area (Å²) in [5.41, 5.74) is 4.87. The van der Waals surface area contributed by atoms with Crippen LogP contribution in [0.3, 0.4) is 0 Å². The lowest BCUT2D eigenvalue weighted by atomic mass is 9.68. The SMILES string of the molecule is COc1ccc2c3c(n(C)c2c1)[C@H](CO)N(Cc1cccc(F)c1)CC31CN(C(=O)Cc2ccccc2)C1. The molecule has 0 aliphatic carbocycles.